The number of hydrogen-bond donors (Lipinski definition) is 2. The Labute approximate surface area is 105 Å². The number of aliphatic hydroxyl groups excluding tert-OH is 1. The first-order chi connectivity index (χ1) is 8.75. The van der Waals surface area contributed by atoms with E-state index < -0.39 is 5.41 Å². The van der Waals surface area contributed by atoms with Crippen molar-refractivity contribution >= 4 is 22.4 Å². The Morgan fingerprint density at radius 3 is 2.61 bits per heavy atom. The van der Waals surface area contributed by atoms with Crippen molar-refractivity contribution in [3.05, 3.63) is 42.5 Å². The molecule has 0 spiro atoms. The predicted molar refractivity (Wildman–Crippen MR) is 71.3 cm³/mol. The van der Waals surface area contributed by atoms with Gasteiger partial charge in [0.2, 0.25) is 5.91 Å². The maximum Gasteiger partial charge on any atom is 0.232 e. The van der Waals surface area contributed by atoms with Gasteiger partial charge in [0.25, 0.3) is 0 Å². The number of aliphatic hydroxyl groups is 1. The molecule has 0 unspecified atom stereocenters. The molecule has 0 aromatic heterocycles. The Morgan fingerprint density at radius 1 is 1.17 bits per heavy atom. The molecule has 1 fully saturated rings. The average molecular weight is 241 g/mol. The van der Waals surface area contributed by atoms with Gasteiger partial charge in [-0.15, -0.1) is 0 Å². The van der Waals surface area contributed by atoms with E-state index in [0.717, 1.165) is 29.3 Å². The van der Waals surface area contributed by atoms with Gasteiger partial charge in [0, 0.05) is 11.1 Å². The van der Waals surface area contributed by atoms with Gasteiger partial charge in [-0.25, -0.2) is 0 Å². The van der Waals surface area contributed by atoms with Gasteiger partial charge in [0.05, 0.1) is 12.0 Å². The zero-order valence-electron chi connectivity index (χ0n) is 10.0. The van der Waals surface area contributed by atoms with Gasteiger partial charge in [-0.05, 0) is 24.3 Å². The van der Waals surface area contributed by atoms with Crippen LogP contribution >= 0.6 is 0 Å². The van der Waals surface area contributed by atoms with Crippen LogP contribution in [-0.2, 0) is 4.79 Å². The second kappa shape index (κ2) is 4.10. The SMILES string of the molecule is O=C(Nc1cccc2ccccc12)C1(CO)CC1. The quantitative estimate of drug-likeness (QED) is 0.867. The van der Waals surface area contributed by atoms with Crippen LogP contribution in [0.1, 0.15) is 12.8 Å². The van der Waals surface area contributed by atoms with Crippen LogP contribution in [0.4, 0.5) is 5.69 Å². The molecule has 0 aliphatic heterocycles. The summed E-state index contributed by atoms with van der Waals surface area (Å²) in [7, 11) is 0. The van der Waals surface area contributed by atoms with Crippen LogP contribution in [0.15, 0.2) is 42.5 Å². The highest BCUT2D eigenvalue weighted by Gasteiger charge is 2.49. The van der Waals surface area contributed by atoms with E-state index in [1.165, 1.54) is 0 Å². The summed E-state index contributed by atoms with van der Waals surface area (Å²) in [5, 5.41) is 14.3. The van der Waals surface area contributed by atoms with Crippen molar-refractivity contribution in [2.45, 2.75) is 12.8 Å². The van der Waals surface area contributed by atoms with Gasteiger partial charge in [-0.1, -0.05) is 36.4 Å². The smallest absolute Gasteiger partial charge is 0.232 e. The van der Waals surface area contributed by atoms with Crippen molar-refractivity contribution in [3.63, 3.8) is 0 Å². The molecule has 3 rings (SSSR count). The Morgan fingerprint density at radius 2 is 1.89 bits per heavy atom. The van der Waals surface area contributed by atoms with Crippen LogP contribution in [0.2, 0.25) is 0 Å². The van der Waals surface area contributed by atoms with E-state index in [9.17, 15) is 9.90 Å². The largest absolute Gasteiger partial charge is 0.395 e. The number of fused-ring (bicyclic) bond motifs is 1. The van der Waals surface area contributed by atoms with E-state index in [-0.39, 0.29) is 12.5 Å². The van der Waals surface area contributed by atoms with Gasteiger partial charge in [-0.2, -0.15) is 0 Å². The van der Waals surface area contributed by atoms with E-state index in [1.54, 1.807) is 0 Å². The fraction of sp³-hybridized carbons (Fsp3) is 0.267. The molecule has 1 aliphatic carbocycles. The molecular weight excluding hydrogens is 226 g/mol. The van der Waals surface area contributed by atoms with E-state index in [0.29, 0.717) is 0 Å². The fourth-order valence-corrected chi connectivity index (χ4v) is 2.20. The van der Waals surface area contributed by atoms with Crippen molar-refractivity contribution in [3.8, 4) is 0 Å². The van der Waals surface area contributed by atoms with Crippen molar-refractivity contribution in [2.24, 2.45) is 5.41 Å². The lowest BCUT2D eigenvalue weighted by atomic mass is 10.1. The molecule has 1 saturated carbocycles. The summed E-state index contributed by atoms with van der Waals surface area (Å²) >= 11 is 0. The highest BCUT2D eigenvalue weighted by Crippen LogP contribution is 2.46. The topological polar surface area (TPSA) is 49.3 Å². The zero-order valence-corrected chi connectivity index (χ0v) is 10.0. The maximum atomic E-state index is 12.1. The molecule has 1 aliphatic rings. The van der Waals surface area contributed by atoms with Crippen LogP contribution in [0.3, 0.4) is 0 Å². The van der Waals surface area contributed by atoms with Gasteiger partial charge in [-0.3, -0.25) is 4.79 Å². The second-order valence-electron chi connectivity index (χ2n) is 4.92. The third-order valence-electron chi connectivity index (χ3n) is 3.68. The lowest BCUT2D eigenvalue weighted by Gasteiger charge is -2.13. The Kier molecular flexibility index (Phi) is 2.56. The summed E-state index contributed by atoms with van der Waals surface area (Å²) in [6, 6.07) is 13.8. The van der Waals surface area contributed by atoms with Crippen molar-refractivity contribution in [1.29, 1.82) is 0 Å². The second-order valence-corrected chi connectivity index (χ2v) is 4.92. The van der Waals surface area contributed by atoms with Crippen LogP contribution < -0.4 is 5.32 Å². The molecule has 92 valence electrons. The third kappa shape index (κ3) is 1.77. The molecule has 0 heterocycles. The predicted octanol–water partition coefficient (Wildman–Crippen LogP) is 2.55. The van der Waals surface area contributed by atoms with E-state index in [2.05, 4.69) is 5.32 Å². The van der Waals surface area contributed by atoms with E-state index in [1.807, 2.05) is 42.5 Å². The van der Waals surface area contributed by atoms with Crippen molar-refractivity contribution in [1.82, 2.24) is 0 Å². The van der Waals surface area contributed by atoms with Crippen LogP contribution in [0, 0.1) is 5.41 Å². The van der Waals surface area contributed by atoms with Crippen molar-refractivity contribution in [2.75, 3.05) is 11.9 Å². The molecule has 2 N–H and O–H groups in total. The fourth-order valence-electron chi connectivity index (χ4n) is 2.20. The zero-order chi connectivity index (χ0) is 12.6. The number of carbonyl (C=O) groups is 1. The first-order valence-corrected chi connectivity index (χ1v) is 6.15. The summed E-state index contributed by atoms with van der Waals surface area (Å²) in [5.41, 5.74) is 0.287. The lowest BCUT2D eigenvalue weighted by Crippen LogP contribution is -2.27. The minimum absolute atomic E-state index is 0.0659. The summed E-state index contributed by atoms with van der Waals surface area (Å²) in [6.45, 7) is -0.0659. The first kappa shape index (κ1) is 11.2. The minimum atomic E-state index is -0.531. The standard InChI is InChI=1S/C15H15NO2/c17-10-15(8-9-15)14(18)16-13-7-3-5-11-4-1-2-6-12(11)13/h1-7,17H,8-10H2,(H,16,18). The summed E-state index contributed by atoms with van der Waals surface area (Å²) in [5.74, 6) is -0.0682. The lowest BCUT2D eigenvalue weighted by molar-refractivity contribution is -0.122. The van der Waals surface area contributed by atoms with Crippen LogP contribution in [-0.4, -0.2) is 17.6 Å². The minimum Gasteiger partial charge on any atom is -0.395 e. The van der Waals surface area contributed by atoms with Gasteiger partial charge < -0.3 is 10.4 Å². The average Bonchev–Trinajstić information content (AvgIpc) is 3.20. The molecule has 2 aromatic carbocycles. The number of anilines is 1. The molecular formula is C15H15NO2. The summed E-state index contributed by atoms with van der Waals surface area (Å²) in [4.78, 5) is 12.1. The molecule has 3 heteroatoms. The number of nitrogens with one attached hydrogen (secondary N) is 1. The van der Waals surface area contributed by atoms with E-state index >= 15 is 0 Å². The number of carbonyl (C=O) groups excluding carboxylic acids is 1. The Hall–Kier alpha value is -1.87. The number of hydrogen-bond acceptors (Lipinski definition) is 2. The first-order valence-electron chi connectivity index (χ1n) is 6.15. The Bertz CT molecular complexity index is 597. The van der Waals surface area contributed by atoms with E-state index in [4.69, 9.17) is 0 Å². The number of benzene rings is 2. The van der Waals surface area contributed by atoms with Crippen LogP contribution in [0.5, 0.6) is 0 Å². The maximum absolute atomic E-state index is 12.1. The molecule has 0 atom stereocenters. The van der Waals surface area contributed by atoms with Gasteiger partial charge in [0.1, 0.15) is 0 Å². The molecule has 0 bridgehead atoms. The molecule has 3 nitrogen and oxygen atoms in total. The van der Waals surface area contributed by atoms with Gasteiger partial charge in [0.15, 0.2) is 0 Å². The van der Waals surface area contributed by atoms with Crippen molar-refractivity contribution < 1.29 is 9.90 Å². The summed E-state index contributed by atoms with van der Waals surface area (Å²) in [6.07, 6.45) is 1.56. The molecule has 1 amide bonds. The Balaban J connectivity index is 1.93. The monoisotopic (exact) mass is 241 g/mol. The summed E-state index contributed by atoms with van der Waals surface area (Å²) < 4.78 is 0. The third-order valence-corrected chi connectivity index (χ3v) is 3.68. The number of rotatable bonds is 3. The van der Waals surface area contributed by atoms with Gasteiger partial charge >= 0.3 is 0 Å². The highest BCUT2D eigenvalue weighted by atomic mass is 16.3. The number of amides is 1. The molecule has 0 saturated heterocycles. The van der Waals surface area contributed by atoms with Crippen LogP contribution in [0.25, 0.3) is 10.8 Å². The highest BCUT2D eigenvalue weighted by molar-refractivity contribution is 6.04. The molecule has 2 aromatic rings. The normalized spacial score (nSPS) is 16.5. The molecule has 18 heavy (non-hydrogen) atoms. The molecule has 0 radical (unpaired) electrons.